The smallest absolute Gasteiger partial charge is 0.233 e. The molecule has 96 valence electrons. The molecule has 0 saturated heterocycles. The predicted octanol–water partition coefficient (Wildman–Crippen LogP) is -0.958. The Labute approximate surface area is 97.2 Å². The molecule has 0 aromatic carbocycles. The fourth-order valence-electron chi connectivity index (χ4n) is 1.06. The normalized spacial score (nSPS) is 11.4. The van der Waals surface area contributed by atoms with Crippen molar-refractivity contribution in [3.63, 3.8) is 0 Å². The van der Waals surface area contributed by atoms with Crippen molar-refractivity contribution in [3.05, 3.63) is 0 Å². The molecular formula is C9H21N3O3S. The monoisotopic (exact) mass is 251 g/mol. The molecule has 0 aliphatic heterocycles. The van der Waals surface area contributed by atoms with Crippen molar-refractivity contribution in [2.24, 2.45) is 0 Å². The molecule has 1 amide bonds. The molecule has 3 N–H and O–H groups in total. The summed E-state index contributed by atoms with van der Waals surface area (Å²) >= 11 is 0. The molecular weight excluding hydrogens is 230 g/mol. The quantitative estimate of drug-likeness (QED) is 0.461. The average Bonchev–Trinajstić information content (AvgIpc) is 2.17. The molecule has 0 aliphatic rings. The van der Waals surface area contributed by atoms with Crippen molar-refractivity contribution in [2.45, 2.75) is 20.3 Å². The van der Waals surface area contributed by atoms with E-state index in [9.17, 15) is 13.2 Å². The van der Waals surface area contributed by atoms with Gasteiger partial charge >= 0.3 is 0 Å². The zero-order valence-corrected chi connectivity index (χ0v) is 10.7. The minimum atomic E-state index is -3.24. The van der Waals surface area contributed by atoms with E-state index in [1.807, 2.05) is 6.92 Å². The van der Waals surface area contributed by atoms with E-state index in [1.165, 1.54) is 0 Å². The Balaban J connectivity index is 3.61. The number of carbonyl (C=O) groups excluding carboxylic acids is 1. The Morgan fingerprint density at radius 1 is 1.19 bits per heavy atom. The number of carbonyl (C=O) groups is 1. The van der Waals surface area contributed by atoms with Crippen LogP contribution in [-0.4, -0.2) is 46.3 Å². The van der Waals surface area contributed by atoms with Crippen LogP contribution < -0.4 is 15.4 Å². The third-order valence-corrected chi connectivity index (χ3v) is 3.24. The Morgan fingerprint density at radius 3 is 2.44 bits per heavy atom. The van der Waals surface area contributed by atoms with Gasteiger partial charge in [0.25, 0.3) is 0 Å². The lowest BCUT2D eigenvalue weighted by atomic mass is 10.4. The highest BCUT2D eigenvalue weighted by Gasteiger charge is 2.08. The van der Waals surface area contributed by atoms with Gasteiger partial charge in [-0.05, 0) is 13.0 Å². The molecule has 0 spiro atoms. The number of nitrogens with one attached hydrogen (secondary N) is 3. The minimum Gasteiger partial charge on any atom is -0.354 e. The maximum atomic E-state index is 11.2. The van der Waals surface area contributed by atoms with Crippen molar-refractivity contribution < 1.29 is 13.2 Å². The first kappa shape index (κ1) is 15.3. The summed E-state index contributed by atoms with van der Waals surface area (Å²) in [6.45, 7) is 5.24. The largest absolute Gasteiger partial charge is 0.354 e. The summed E-state index contributed by atoms with van der Waals surface area (Å²) in [5.41, 5.74) is 0. The van der Waals surface area contributed by atoms with E-state index in [1.54, 1.807) is 6.92 Å². The first-order valence-electron chi connectivity index (χ1n) is 5.46. The van der Waals surface area contributed by atoms with Crippen molar-refractivity contribution in [3.8, 4) is 0 Å². The van der Waals surface area contributed by atoms with Gasteiger partial charge in [-0.2, -0.15) is 0 Å². The Morgan fingerprint density at radius 2 is 1.88 bits per heavy atom. The average molecular weight is 251 g/mol. The number of hydrogen-bond acceptors (Lipinski definition) is 4. The summed E-state index contributed by atoms with van der Waals surface area (Å²) in [4.78, 5) is 11.2. The summed E-state index contributed by atoms with van der Waals surface area (Å²) in [5, 5.41) is 5.47. The van der Waals surface area contributed by atoms with Gasteiger partial charge < -0.3 is 10.6 Å². The minimum absolute atomic E-state index is 0.0830. The Kier molecular flexibility index (Phi) is 8.14. The summed E-state index contributed by atoms with van der Waals surface area (Å²) in [6.07, 6.45) is 0.960. The second kappa shape index (κ2) is 8.49. The molecule has 0 rings (SSSR count). The molecule has 0 unspecified atom stereocenters. The third-order valence-electron chi connectivity index (χ3n) is 1.77. The van der Waals surface area contributed by atoms with Gasteiger partial charge in [-0.1, -0.05) is 13.8 Å². The van der Waals surface area contributed by atoms with Crippen LogP contribution in [0.5, 0.6) is 0 Å². The molecule has 0 aromatic rings. The fourth-order valence-corrected chi connectivity index (χ4v) is 2.01. The molecule has 0 aromatic heterocycles. The first-order valence-corrected chi connectivity index (χ1v) is 7.11. The highest BCUT2D eigenvalue weighted by Crippen LogP contribution is 1.81. The molecule has 7 heteroatoms. The molecule has 0 radical (unpaired) electrons. The van der Waals surface area contributed by atoms with E-state index < -0.39 is 10.0 Å². The SMILES string of the molecule is CCCNCC(=O)NCCS(=O)(=O)NCC. The first-order chi connectivity index (χ1) is 7.52. The van der Waals surface area contributed by atoms with Crippen LogP contribution in [0.25, 0.3) is 0 Å². The zero-order chi connectivity index (χ0) is 12.4. The zero-order valence-electron chi connectivity index (χ0n) is 9.88. The molecule has 6 nitrogen and oxygen atoms in total. The molecule has 0 aliphatic carbocycles. The van der Waals surface area contributed by atoms with Gasteiger partial charge in [0.2, 0.25) is 15.9 Å². The van der Waals surface area contributed by atoms with Crippen LogP contribution >= 0.6 is 0 Å². The maximum absolute atomic E-state index is 11.2. The van der Waals surface area contributed by atoms with E-state index in [0.717, 1.165) is 13.0 Å². The van der Waals surface area contributed by atoms with Crippen LogP contribution in [0.4, 0.5) is 0 Å². The van der Waals surface area contributed by atoms with Crippen LogP contribution in [-0.2, 0) is 14.8 Å². The highest BCUT2D eigenvalue weighted by molar-refractivity contribution is 7.89. The molecule has 16 heavy (non-hydrogen) atoms. The molecule has 0 saturated carbocycles. The maximum Gasteiger partial charge on any atom is 0.233 e. The second-order valence-electron chi connectivity index (χ2n) is 3.34. The predicted molar refractivity (Wildman–Crippen MR) is 63.6 cm³/mol. The third kappa shape index (κ3) is 8.63. The van der Waals surface area contributed by atoms with Crippen LogP contribution in [0, 0.1) is 0 Å². The van der Waals surface area contributed by atoms with Gasteiger partial charge in [0.1, 0.15) is 0 Å². The second-order valence-corrected chi connectivity index (χ2v) is 5.27. The van der Waals surface area contributed by atoms with Gasteiger partial charge in [0.05, 0.1) is 12.3 Å². The van der Waals surface area contributed by atoms with E-state index >= 15 is 0 Å². The highest BCUT2D eigenvalue weighted by atomic mass is 32.2. The standard InChI is InChI=1S/C9H21N3O3S/c1-3-5-10-8-9(13)11-6-7-16(14,15)12-4-2/h10,12H,3-8H2,1-2H3,(H,11,13). The molecule has 0 atom stereocenters. The lowest BCUT2D eigenvalue weighted by Crippen LogP contribution is -2.38. The van der Waals surface area contributed by atoms with Crippen molar-refractivity contribution in [1.82, 2.24) is 15.4 Å². The number of hydrogen-bond donors (Lipinski definition) is 3. The summed E-state index contributed by atoms with van der Waals surface area (Å²) < 4.78 is 24.7. The van der Waals surface area contributed by atoms with Crippen LogP contribution in [0.2, 0.25) is 0 Å². The molecule has 0 bridgehead atoms. The van der Waals surface area contributed by atoms with Crippen molar-refractivity contribution >= 4 is 15.9 Å². The summed E-state index contributed by atoms with van der Waals surface area (Å²) in [5.74, 6) is -0.263. The van der Waals surface area contributed by atoms with Crippen molar-refractivity contribution in [1.29, 1.82) is 0 Å². The molecule has 0 fully saturated rings. The van der Waals surface area contributed by atoms with E-state index in [0.29, 0.717) is 6.54 Å². The van der Waals surface area contributed by atoms with E-state index in [4.69, 9.17) is 0 Å². The van der Waals surface area contributed by atoms with Gasteiger partial charge in [-0.3, -0.25) is 4.79 Å². The van der Waals surface area contributed by atoms with Gasteiger partial charge in [0, 0.05) is 13.1 Å². The van der Waals surface area contributed by atoms with Crippen LogP contribution in [0.15, 0.2) is 0 Å². The van der Waals surface area contributed by atoms with Gasteiger partial charge in [-0.15, -0.1) is 0 Å². The van der Waals surface area contributed by atoms with E-state index in [-0.39, 0.29) is 24.7 Å². The Bertz CT molecular complexity index is 290. The number of sulfonamides is 1. The van der Waals surface area contributed by atoms with Crippen LogP contribution in [0.1, 0.15) is 20.3 Å². The number of rotatable bonds is 9. The van der Waals surface area contributed by atoms with Crippen LogP contribution in [0.3, 0.4) is 0 Å². The van der Waals surface area contributed by atoms with Gasteiger partial charge in [-0.25, -0.2) is 13.1 Å². The summed E-state index contributed by atoms with van der Waals surface area (Å²) in [6, 6.07) is 0. The summed E-state index contributed by atoms with van der Waals surface area (Å²) in [7, 11) is -3.24. The molecule has 0 heterocycles. The van der Waals surface area contributed by atoms with E-state index in [2.05, 4.69) is 15.4 Å². The Hall–Kier alpha value is -0.660. The lowest BCUT2D eigenvalue weighted by molar-refractivity contribution is -0.120. The number of amides is 1. The lowest BCUT2D eigenvalue weighted by Gasteiger charge is -2.07. The topological polar surface area (TPSA) is 87.3 Å². The fraction of sp³-hybridized carbons (Fsp3) is 0.889. The van der Waals surface area contributed by atoms with Crippen molar-refractivity contribution in [2.75, 3.05) is 31.9 Å². The van der Waals surface area contributed by atoms with Gasteiger partial charge in [0.15, 0.2) is 0 Å².